The molecule has 0 aliphatic heterocycles. The van der Waals surface area contributed by atoms with Crippen LogP contribution in [0.15, 0.2) is 52.9 Å². The van der Waals surface area contributed by atoms with Crippen LogP contribution in [0.5, 0.6) is 5.75 Å². The minimum absolute atomic E-state index is 0.0323. The second-order valence-electron chi connectivity index (χ2n) is 7.96. The molecule has 4 aromatic rings. The van der Waals surface area contributed by atoms with E-state index in [-0.39, 0.29) is 29.4 Å². The molecule has 0 spiro atoms. The summed E-state index contributed by atoms with van der Waals surface area (Å²) in [6.45, 7) is 7.07. The third kappa shape index (κ3) is 6.42. The molecule has 1 unspecified atom stereocenters. The van der Waals surface area contributed by atoms with Crippen molar-refractivity contribution in [2.45, 2.75) is 16.9 Å². The molecule has 9 nitrogen and oxygen atoms in total. The largest absolute Gasteiger partial charge is 0.491 e. The van der Waals surface area contributed by atoms with Gasteiger partial charge in [-0.05, 0) is 29.8 Å². The summed E-state index contributed by atoms with van der Waals surface area (Å²) in [6, 6.07) is 12.5. The van der Waals surface area contributed by atoms with E-state index in [1.54, 1.807) is 29.6 Å². The Kier molecular flexibility index (Phi) is 8.91. The van der Waals surface area contributed by atoms with Gasteiger partial charge in [-0.15, -0.1) is 11.3 Å². The van der Waals surface area contributed by atoms with Gasteiger partial charge >= 0.3 is 0 Å². The van der Waals surface area contributed by atoms with E-state index in [9.17, 15) is 19.1 Å². The number of pyridine rings is 1. The van der Waals surface area contributed by atoms with Crippen molar-refractivity contribution in [3.63, 3.8) is 0 Å². The van der Waals surface area contributed by atoms with Crippen molar-refractivity contribution >= 4 is 45.4 Å². The lowest BCUT2D eigenvalue weighted by atomic mass is 10.00. The number of hydrogen-bond donors (Lipinski definition) is 4. The Bertz CT molecular complexity index is 1570. The van der Waals surface area contributed by atoms with Crippen molar-refractivity contribution in [2.24, 2.45) is 0 Å². The van der Waals surface area contributed by atoms with Gasteiger partial charge in [-0.1, -0.05) is 30.0 Å². The van der Waals surface area contributed by atoms with E-state index in [1.807, 2.05) is 0 Å². The fraction of sp³-hybridized carbons (Fsp3) is 0.154. The second kappa shape index (κ2) is 12.5. The summed E-state index contributed by atoms with van der Waals surface area (Å²) in [7, 11) is 0. The van der Waals surface area contributed by atoms with Crippen LogP contribution < -0.4 is 15.8 Å². The first-order chi connectivity index (χ1) is 18.8. The van der Waals surface area contributed by atoms with Gasteiger partial charge in [0, 0.05) is 16.7 Å². The number of nitrogens with one attached hydrogen (secondary N) is 1. The van der Waals surface area contributed by atoms with Crippen LogP contribution in [0.4, 0.5) is 31.1 Å². The van der Waals surface area contributed by atoms with Gasteiger partial charge < -0.3 is 26.0 Å². The second-order valence-corrected chi connectivity index (χ2v) is 9.78. The number of benzene rings is 2. The highest BCUT2D eigenvalue weighted by Gasteiger charge is 2.21. The van der Waals surface area contributed by atoms with Gasteiger partial charge in [0.2, 0.25) is 5.69 Å². The zero-order valence-electron chi connectivity index (χ0n) is 20.1. The zero-order valence-corrected chi connectivity index (χ0v) is 21.7. The van der Waals surface area contributed by atoms with Gasteiger partial charge in [0.1, 0.15) is 35.4 Å². The first-order valence-corrected chi connectivity index (χ1v) is 13.1. The molecular formula is C26H20F2N6O3S2. The van der Waals surface area contributed by atoms with Gasteiger partial charge in [0.05, 0.1) is 30.1 Å². The SMILES string of the molecule is [C-]#[N+]c1c(N)nc(SCc2csc(Nc3cccc(F)c3F)n2)c(C#N)c1-c1ccc(OCC(O)CO)cc1. The van der Waals surface area contributed by atoms with Crippen LogP contribution in [0, 0.1) is 29.5 Å². The lowest BCUT2D eigenvalue weighted by molar-refractivity contribution is 0.0536. The van der Waals surface area contributed by atoms with Crippen molar-refractivity contribution in [3.8, 4) is 22.9 Å². The minimum Gasteiger partial charge on any atom is -0.491 e. The van der Waals surface area contributed by atoms with Crippen molar-refractivity contribution in [1.29, 1.82) is 5.26 Å². The summed E-state index contributed by atoms with van der Waals surface area (Å²) in [5.74, 6) is -1.29. The molecule has 0 radical (unpaired) electrons. The molecule has 0 amide bonds. The number of aliphatic hydroxyl groups excluding tert-OH is 2. The molecule has 0 saturated carbocycles. The molecule has 198 valence electrons. The van der Waals surface area contributed by atoms with Crippen molar-refractivity contribution < 1.29 is 23.7 Å². The monoisotopic (exact) mass is 566 g/mol. The third-order valence-electron chi connectivity index (χ3n) is 5.29. The predicted molar refractivity (Wildman–Crippen MR) is 145 cm³/mol. The summed E-state index contributed by atoms with van der Waals surface area (Å²) in [5, 5.41) is 33.6. The van der Waals surface area contributed by atoms with E-state index in [4.69, 9.17) is 22.1 Å². The van der Waals surface area contributed by atoms with E-state index in [0.717, 1.165) is 6.07 Å². The average molecular weight is 567 g/mol. The normalized spacial score (nSPS) is 11.4. The quantitative estimate of drug-likeness (QED) is 0.149. The molecule has 1 atom stereocenters. The maximum atomic E-state index is 14.0. The summed E-state index contributed by atoms with van der Waals surface area (Å²) in [6.07, 6.45) is -1.02. The summed E-state index contributed by atoms with van der Waals surface area (Å²) in [4.78, 5) is 12.2. The molecular weight excluding hydrogens is 546 g/mol. The molecule has 0 aliphatic rings. The van der Waals surface area contributed by atoms with Gasteiger partial charge in [0.15, 0.2) is 16.8 Å². The van der Waals surface area contributed by atoms with Crippen LogP contribution in [0.2, 0.25) is 0 Å². The van der Waals surface area contributed by atoms with Crippen LogP contribution in [0.25, 0.3) is 16.0 Å². The number of nitrogens with zero attached hydrogens (tertiary/aromatic N) is 4. The smallest absolute Gasteiger partial charge is 0.236 e. The van der Waals surface area contributed by atoms with Crippen LogP contribution in [-0.2, 0) is 5.75 Å². The fourth-order valence-electron chi connectivity index (χ4n) is 3.43. The number of hydrogen-bond acceptors (Lipinski definition) is 10. The van der Waals surface area contributed by atoms with E-state index >= 15 is 0 Å². The first kappa shape index (κ1) is 27.8. The Labute approximate surface area is 230 Å². The summed E-state index contributed by atoms with van der Waals surface area (Å²) in [5.41, 5.74) is 7.74. The van der Waals surface area contributed by atoms with Gasteiger partial charge in [-0.25, -0.2) is 23.6 Å². The number of thioether (sulfide) groups is 1. The Morgan fingerprint density at radius 1 is 1.23 bits per heavy atom. The number of nitriles is 1. The zero-order chi connectivity index (χ0) is 27.9. The molecule has 2 aromatic heterocycles. The van der Waals surface area contributed by atoms with Gasteiger partial charge in [0.25, 0.3) is 0 Å². The van der Waals surface area contributed by atoms with E-state index in [0.29, 0.717) is 38.5 Å². The topological polar surface area (TPSA) is 142 Å². The van der Waals surface area contributed by atoms with Crippen molar-refractivity contribution in [1.82, 2.24) is 9.97 Å². The molecule has 2 aromatic carbocycles. The molecule has 2 heterocycles. The maximum Gasteiger partial charge on any atom is 0.236 e. The van der Waals surface area contributed by atoms with Crippen LogP contribution in [0.3, 0.4) is 0 Å². The van der Waals surface area contributed by atoms with E-state index in [2.05, 4.69) is 26.2 Å². The van der Waals surface area contributed by atoms with E-state index in [1.165, 1.54) is 35.2 Å². The number of nitrogens with two attached hydrogens (primary N) is 1. The number of thiazole rings is 1. The van der Waals surface area contributed by atoms with E-state index < -0.39 is 24.3 Å². The standard InChI is InChI=1S/C26H20F2N6O3S2/c1-31-23-21(14-5-7-17(8-6-14)37-11-16(36)10-35)18(9-29)25(34-24(23)30)38-12-15-13-39-26(32-15)33-20-4-2-3-19(27)22(20)28/h2-8,13,16,35-36H,10-12H2,(H2,30,34)(H,32,33). The number of anilines is 3. The van der Waals surface area contributed by atoms with Crippen LogP contribution in [-0.4, -0.2) is 39.5 Å². The van der Waals surface area contributed by atoms with Crippen LogP contribution >= 0.6 is 23.1 Å². The molecule has 39 heavy (non-hydrogen) atoms. The molecule has 0 saturated heterocycles. The highest BCUT2D eigenvalue weighted by molar-refractivity contribution is 7.98. The Morgan fingerprint density at radius 2 is 2.00 bits per heavy atom. The fourth-order valence-corrected chi connectivity index (χ4v) is 5.14. The highest BCUT2D eigenvalue weighted by atomic mass is 32.2. The number of rotatable bonds is 10. The lowest BCUT2D eigenvalue weighted by Crippen LogP contribution is -2.21. The first-order valence-electron chi connectivity index (χ1n) is 11.3. The number of aliphatic hydroxyl groups is 2. The molecule has 0 fully saturated rings. The molecule has 0 aliphatic carbocycles. The lowest BCUT2D eigenvalue weighted by Gasteiger charge is -2.14. The highest BCUT2D eigenvalue weighted by Crippen LogP contribution is 2.42. The average Bonchev–Trinajstić information content (AvgIpc) is 3.40. The molecule has 5 N–H and O–H groups in total. The number of halogens is 2. The Hall–Kier alpha value is -4.27. The van der Waals surface area contributed by atoms with Gasteiger partial charge in [-0.3, -0.25) is 0 Å². The molecule has 13 heteroatoms. The number of nitrogen functional groups attached to an aromatic ring is 1. The van der Waals surface area contributed by atoms with Crippen molar-refractivity contribution in [2.75, 3.05) is 24.3 Å². The summed E-state index contributed by atoms with van der Waals surface area (Å²) >= 11 is 2.40. The minimum atomic E-state index is -1.02. The molecule has 4 rings (SSSR count). The van der Waals surface area contributed by atoms with Crippen LogP contribution in [0.1, 0.15) is 11.3 Å². The summed E-state index contributed by atoms with van der Waals surface area (Å²) < 4.78 is 32.9. The Morgan fingerprint density at radius 3 is 2.69 bits per heavy atom. The third-order valence-corrected chi connectivity index (χ3v) is 7.10. The number of ether oxygens (including phenoxy) is 1. The maximum absolute atomic E-state index is 14.0. The molecule has 0 bridgehead atoms. The predicted octanol–water partition coefficient (Wildman–Crippen LogP) is 5.26. The Balaban J connectivity index is 1.56. The number of aromatic nitrogens is 2. The van der Waals surface area contributed by atoms with Crippen molar-refractivity contribution in [3.05, 3.63) is 82.2 Å². The van der Waals surface area contributed by atoms with Gasteiger partial charge in [-0.2, -0.15) is 5.26 Å².